The Kier molecular flexibility index (Phi) is 7.76. The quantitative estimate of drug-likeness (QED) is 0.696. The number of carbonyl (C=O) groups is 1. The van der Waals surface area contributed by atoms with Crippen LogP contribution in [-0.2, 0) is 16.0 Å². The van der Waals surface area contributed by atoms with Crippen molar-refractivity contribution in [3.63, 3.8) is 0 Å². The van der Waals surface area contributed by atoms with Gasteiger partial charge in [-0.3, -0.25) is 4.90 Å². The minimum absolute atomic E-state index is 0.0614. The monoisotopic (exact) mass is 393 g/mol. The smallest absolute Gasteiger partial charge is 0.320 e. The SMILES string of the molecule is COc1ccc(CN(CCN2CCOCC2)C(=O)N2CCOCC2)cc1OC. The Morgan fingerprint density at radius 3 is 2.29 bits per heavy atom. The summed E-state index contributed by atoms with van der Waals surface area (Å²) in [5.41, 5.74) is 1.02. The highest BCUT2D eigenvalue weighted by atomic mass is 16.5. The van der Waals surface area contributed by atoms with Gasteiger partial charge in [-0.2, -0.15) is 0 Å². The number of methoxy groups -OCH3 is 2. The molecular weight excluding hydrogens is 362 g/mol. The molecule has 8 nitrogen and oxygen atoms in total. The number of nitrogens with zero attached hydrogens (tertiary/aromatic N) is 3. The van der Waals surface area contributed by atoms with E-state index in [-0.39, 0.29) is 6.03 Å². The lowest BCUT2D eigenvalue weighted by Crippen LogP contribution is -2.50. The molecule has 0 saturated carbocycles. The first kappa shape index (κ1) is 20.7. The summed E-state index contributed by atoms with van der Waals surface area (Å²) in [7, 11) is 3.24. The van der Waals surface area contributed by atoms with Gasteiger partial charge in [0.2, 0.25) is 0 Å². The van der Waals surface area contributed by atoms with Crippen LogP contribution in [0.3, 0.4) is 0 Å². The van der Waals surface area contributed by atoms with Crippen LogP contribution in [0.15, 0.2) is 18.2 Å². The Morgan fingerprint density at radius 1 is 1.00 bits per heavy atom. The molecule has 0 atom stereocenters. The summed E-state index contributed by atoms with van der Waals surface area (Å²) in [4.78, 5) is 19.3. The maximum absolute atomic E-state index is 13.2. The minimum Gasteiger partial charge on any atom is -0.493 e. The number of hydrogen-bond donors (Lipinski definition) is 0. The van der Waals surface area contributed by atoms with Crippen LogP contribution >= 0.6 is 0 Å². The van der Waals surface area contributed by atoms with Gasteiger partial charge in [-0.1, -0.05) is 6.07 Å². The van der Waals surface area contributed by atoms with Crippen molar-refractivity contribution in [2.75, 3.05) is 79.9 Å². The molecule has 0 bridgehead atoms. The standard InChI is InChI=1S/C20H31N3O5/c1-25-18-4-3-17(15-19(18)26-2)16-23(6-5-21-7-11-27-12-8-21)20(24)22-9-13-28-14-10-22/h3-4,15H,5-14,16H2,1-2H3. The lowest BCUT2D eigenvalue weighted by molar-refractivity contribution is 0.0279. The molecule has 0 spiro atoms. The van der Waals surface area contributed by atoms with Crippen molar-refractivity contribution in [1.82, 2.24) is 14.7 Å². The summed E-state index contributed by atoms with van der Waals surface area (Å²) < 4.78 is 21.5. The first-order valence-corrected chi connectivity index (χ1v) is 9.84. The van der Waals surface area contributed by atoms with Crippen LogP contribution in [-0.4, -0.2) is 101 Å². The fraction of sp³-hybridized carbons (Fsp3) is 0.650. The highest BCUT2D eigenvalue weighted by Crippen LogP contribution is 2.28. The molecule has 0 radical (unpaired) electrons. The second-order valence-electron chi connectivity index (χ2n) is 6.95. The van der Waals surface area contributed by atoms with Gasteiger partial charge in [0.1, 0.15) is 0 Å². The maximum Gasteiger partial charge on any atom is 0.320 e. The van der Waals surface area contributed by atoms with E-state index in [2.05, 4.69) is 4.90 Å². The summed E-state index contributed by atoms with van der Waals surface area (Å²) in [6.07, 6.45) is 0. The molecule has 8 heteroatoms. The zero-order valence-electron chi connectivity index (χ0n) is 16.9. The van der Waals surface area contributed by atoms with E-state index in [0.29, 0.717) is 50.9 Å². The van der Waals surface area contributed by atoms with E-state index in [1.54, 1.807) is 14.2 Å². The third-order valence-corrected chi connectivity index (χ3v) is 5.16. The number of carbonyl (C=O) groups excluding carboxylic acids is 1. The van der Waals surface area contributed by atoms with Crippen LogP contribution in [0.1, 0.15) is 5.56 Å². The molecule has 28 heavy (non-hydrogen) atoms. The van der Waals surface area contributed by atoms with E-state index in [9.17, 15) is 4.79 Å². The van der Waals surface area contributed by atoms with Crippen LogP contribution in [0.4, 0.5) is 4.79 Å². The predicted octanol–water partition coefficient (Wildman–Crippen LogP) is 1.29. The molecular formula is C20H31N3O5. The minimum atomic E-state index is 0.0614. The van der Waals surface area contributed by atoms with Crippen molar-refractivity contribution in [3.05, 3.63) is 23.8 Å². The Bertz CT molecular complexity index is 630. The molecule has 3 rings (SSSR count). The zero-order valence-corrected chi connectivity index (χ0v) is 16.9. The van der Waals surface area contributed by atoms with Crippen molar-refractivity contribution >= 4 is 6.03 Å². The van der Waals surface area contributed by atoms with Crippen molar-refractivity contribution < 1.29 is 23.7 Å². The Balaban J connectivity index is 1.69. The van der Waals surface area contributed by atoms with Gasteiger partial charge < -0.3 is 28.7 Å². The van der Waals surface area contributed by atoms with E-state index in [0.717, 1.165) is 38.4 Å². The predicted molar refractivity (Wildman–Crippen MR) is 105 cm³/mol. The first-order valence-electron chi connectivity index (χ1n) is 9.84. The van der Waals surface area contributed by atoms with Gasteiger partial charge in [-0.25, -0.2) is 4.79 Å². The highest BCUT2D eigenvalue weighted by molar-refractivity contribution is 5.74. The van der Waals surface area contributed by atoms with E-state index in [1.807, 2.05) is 28.0 Å². The van der Waals surface area contributed by atoms with Gasteiger partial charge in [0.15, 0.2) is 11.5 Å². The van der Waals surface area contributed by atoms with Crippen molar-refractivity contribution in [2.24, 2.45) is 0 Å². The molecule has 0 aliphatic carbocycles. The molecule has 0 aromatic heterocycles. The number of morpholine rings is 2. The average molecular weight is 393 g/mol. The van der Waals surface area contributed by atoms with E-state index >= 15 is 0 Å². The molecule has 0 N–H and O–H groups in total. The van der Waals surface area contributed by atoms with Gasteiger partial charge in [0, 0.05) is 45.8 Å². The molecule has 2 heterocycles. The number of amides is 2. The zero-order chi connectivity index (χ0) is 19.8. The average Bonchev–Trinajstić information content (AvgIpc) is 2.77. The fourth-order valence-corrected chi connectivity index (χ4v) is 3.48. The van der Waals surface area contributed by atoms with Gasteiger partial charge in [0.05, 0.1) is 40.6 Å². The number of urea groups is 1. The van der Waals surface area contributed by atoms with Crippen molar-refractivity contribution in [2.45, 2.75) is 6.54 Å². The normalized spacial score (nSPS) is 18.0. The summed E-state index contributed by atoms with van der Waals surface area (Å²) in [5.74, 6) is 1.36. The topological polar surface area (TPSA) is 63.7 Å². The van der Waals surface area contributed by atoms with E-state index < -0.39 is 0 Å². The molecule has 1 aromatic carbocycles. The van der Waals surface area contributed by atoms with Crippen molar-refractivity contribution in [3.8, 4) is 11.5 Å². The summed E-state index contributed by atoms with van der Waals surface area (Å²) >= 11 is 0. The molecule has 2 aliphatic heterocycles. The third kappa shape index (κ3) is 5.50. The molecule has 2 aliphatic rings. The molecule has 2 fully saturated rings. The maximum atomic E-state index is 13.2. The van der Waals surface area contributed by atoms with Crippen LogP contribution in [0.25, 0.3) is 0 Å². The highest BCUT2D eigenvalue weighted by Gasteiger charge is 2.24. The first-order chi connectivity index (χ1) is 13.7. The van der Waals surface area contributed by atoms with Gasteiger partial charge in [0.25, 0.3) is 0 Å². The molecule has 2 saturated heterocycles. The molecule has 0 unspecified atom stereocenters. The Morgan fingerprint density at radius 2 is 1.64 bits per heavy atom. The summed E-state index contributed by atoms with van der Waals surface area (Å²) in [5, 5.41) is 0. The summed E-state index contributed by atoms with van der Waals surface area (Å²) in [6.45, 7) is 7.85. The lowest BCUT2D eigenvalue weighted by atomic mass is 10.2. The largest absolute Gasteiger partial charge is 0.493 e. The van der Waals surface area contributed by atoms with Gasteiger partial charge in [-0.05, 0) is 17.7 Å². The van der Waals surface area contributed by atoms with Gasteiger partial charge >= 0.3 is 6.03 Å². The fourth-order valence-electron chi connectivity index (χ4n) is 3.48. The Labute approximate surface area is 166 Å². The van der Waals surface area contributed by atoms with E-state index in [1.165, 1.54) is 0 Å². The van der Waals surface area contributed by atoms with Crippen LogP contribution < -0.4 is 9.47 Å². The summed E-state index contributed by atoms with van der Waals surface area (Å²) in [6, 6.07) is 5.86. The second-order valence-corrected chi connectivity index (χ2v) is 6.95. The van der Waals surface area contributed by atoms with Crippen LogP contribution in [0.5, 0.6) is 11.5 Å². The lowest BCUT2D eigenvalue weighted by Gasteiger charge is -2.35. The van der Waals surface area contributed by atoms with Crippen LogP contribution in [0.2, 0.25) is 0 Å². The van der Waals surface area contributed by atoms with Gasteiger partial charge in [-0.15, -0.1) is 0 Å². The second kappa shape index (κ2) is 10.5. The molecule has 1 aromatic rings. The number of hydrogen-bond acceptors (Lipinski definition) is 6. The molecule has 156 valence electrons. The number of ether oxygens (including phenoxy) is 4. The molecule has 2 amide bonds. The number of rotatable bonds is 7. The third-order valence-electron chi connectivity index (χ3n) is 5.16. The van der Waals surface area contributed by atoms with Crippen molar-refractivity contribution in [1.29, 1.82) is 0 Å². The van der Waals surface area contributed by atoms with E-state index in [4.69, 9.17) is 18.9 Å². The Hall–Kier alpha value is -2.03. The van der Waals surface area contributed by atoms with Crippen LogP contribution in [0, 0.1) is 0 Å². The number of benzene rings is 1.